The summed E-state index contributed by atoms with van der Waals surface area (Å²) in [6.45, 7) is 9.80. The number of fused-ring (bicyclic) bond motifs is 1. The molecule has 1 aliphatic rings. The molecule has 11 heteroatoms. The number of amides is 3. The molecular formula is C29H33N7O4. The molecule has 0 saturated carbocycles. The molecule has 0 bridgehead atoms. The summed E-state index contributed by atoms with van der Waals surface area (Å²) in [6.07, 6.45) is 0.622. The molecule has 208 valence electrons. The van der Waals surface area contributed by atoms with Gasteiger partial charge in [-0.15, -0.1) is 5.06 Å². The van der Waals surface area contributed by atoms with Gasteiger partial charge in [0.2, 0.25) is 5.88 Å². The second-order valence-electron chi connectivity index (χ2n) is 10.8. The molecule has 3 amide bonds. The molecule has 40 heavy (non-hydrogen) atoms. The quantitative estimate of drug-likeness (QED) is 0.314. The average Bonchev–Trinajstić information content (AvgIpc) is 3.35. The normalized spacial score (nSPS) is 14.2. The molecular weight excluding hydrogens is 510 g/mol. The number of aromatic nitrogens is 3. The Bertz CT molecular complexity index is 1530. The highest BCUT2D eigenvalue weighted by Gasteiger charge is 2.24. The Morgan fingerprint density at radius 1 is 0.950 bits per heavy atom. The molecule has 3 heterocycles. The molecule has 5 rings (SSSR count). The van der Waals surface area contributed by atoms with Crippen molar-refractivity contribution in [1.29, 1.82) is 0 Å². The summed E-state index contributed by atoms with van der Waals surface area (Å²) in [5, 5.41) is 23.0. The molecule has 4 aromatic rings. The van der Waals surface area contributed by atoms with E-state index in [1.807, 2.05) is 61.5 Å². The van der Waals surface area contributed by atoms with Crippen LogP contribution in [0.5, 0.6) is 5.88 Å². The fourth-order valence-electron chi connectivity index (χ4n) is 4.42. The van der Waals surface area contributed by atoms with Crippen LogP contribution >= 0.6 is 0 Å². The van der Waals surface area contributed by atoms with E-state index in [0.29, 0.717) is 43.6 Å². The van der Waals surface area contributed by atoms with Crippen molar-refractivity contribution in [3.05, 3.63) is 72.1 Å². The Hall–Kier alpha value is -4.64. The number of nitrogens with one attached hydrogen (secondary N) is 2. The SMILES string of the molecule is Cc1ccc(-n2nc(C(C)(C)C)cc2NC(=O)Nc2cnc(ON3CCN(C(=O)O)CC3)c3ccccc23)cc1. The summed E-state index contributed by atoms with van der Waals surface area (Å²) < 4.78 is 1.73. The minimum absolute atomic E-state index is 0.209. The highest BCUT2D eigenvalue weighted by Crippen LogP contribution is 2.31. The molecule has 1 fully saturated rings. The number of anilines is 2. The van der Waals surface area contributed by atoms with Crippen LogP contribution in [0.4, 0.5) is 21.1 Å². The summed E-state index contributed by atoms with van der Waals surface area (Å²) >= 11 is 0. The topological polar surface area (TPSA) is 125 Å². The molecule has 1 saturated heterocycles. The number of hydrogen-bond acceptors (Lipinski definition) is 6. The maximum absolute atomic E-state index is 13.2. The number of rotatable bonds is 5. The molecule has 0 spiro atoms. The van der Waals surface area contributed by atoms with Gasteiger partial charge in [-0.1, -0.05) is 56.7 Å². The second-order valence-corrected chi connectivity index (χ2v) is 10.8. The van der Waals surface area contributed by atoms with Crippen molar-refractivity contribution in [2.24, 2.45) is 0 Å². The Balaban J connectivity index is 1.36. The second kappa shape index (κ2) is 10.9. The highest BCUT2D eigenvalue weighted by atomic mass is 16.7. The predicted octanol–water partition coefficient (Wildman–Crippen LogP) is 5.26. The molecule has 1 aliphatic heterocycles. The van der Waals surface area contributed by atoms with Crippen LogP contribution in [-0.4, -0.2) is 68.1 Å². The van der Waals surface area contributed by atoms with Crippen molar-refractivity contribution in [3.8, 4) is 11.6 Å². The van der Waals surface area contributed by atoms with E-state index in [0.717, 1.165) is 27.7 Å². The van der Waals surface area contributed by atoms with Crippen molar-refractivity contribution in [2.75, 3.05) is 36.8 Å². The summed E-state index contributed by atoms with van der Waals surface area (Å²) in [5.41, 5.74) is 3.14. The van der Waals surface area contributed by atoms with E-state index in [9.17, 15) is 14.7 Å². The number of carboxylic acid groups (broad SMARTS) is 1. The smallest absolute Gasteiger partial charge is 0.407 e. The molecule has 11 nitrogen and oxygen atoms in total. The lowest BCUT2D eigenvalue weighted by Gasteiger charge is -2.32. The third-order valence-corrected chi connectivity index (χ3v) is 6.73. The van der Waals surface area contributed by atoms with Gasteiger partial charge in [0.1, 0.15) is 5.82 Å². The zero-order chi connectivity index (χ0) is 28.4. The summed E-state index contributed by atoms with van der Waals surface area (Å²) in [5.74, 6) is 0.932. The molecule has 3 N–H and O–H groups in total. The van der Waals surface area contributed by atoms with Crippen molar-refractivity contribution in [1.82, 2.24) is 24.7 Å². The van der Waals surface area contributed by atoms with Gasteiger partial charge in [0.15, 0.2) is 0 Å². The van der Waals surface area contributed by atoms with Crippen LogP contribution in [0.15, 0.2) is 60.8 Å². The Morgan fingerprint density at radius 3 is 2.27 bits per heavy atom. The van der Waals surface area contributed by atoms with Gasteiger partial charge >= 0.3 is 12.1 Å². The first-order chi connectivity index (χ1) is 19.1. The van der Waals surface area contributed by atoms with Crippen molar-refractivity contribution >= 4 is 34.4 Å². The molecule has 2 aromatic carbocycles. The molecule has 2 aromatic heterocycles. The zero-order valence-electron chi connectivity index (χ0n) is 23.0. The lowest BCUT2D eigenvalue weighted by atomic mass is 9.92. The Labute approximate surface area is 232 Å². The van der Waals surface area contributed by atoms with E-state index >= 15 is 0 Å². The number of aryl methyl sites for hydroxylation is 1. The summed E-state index contributed by atoms with van der Waals surface area (Å²) in [4.78, 5) is 36.3. The highest BCUT2D eigenvalue weighted by molar-refractivity contribution is 6.06. The number of pyridine rings is 1. The van der Waals surface area contributed by atoms with E-state index in [1.54, 1.807) is 15.9 Å². The van der Waals surface area contributed by atoms with Crippen molar-refractivity contribution in [2.45, 2.75) is 33.1 Å². The number of carbonyl (C=O) groups is 2. The number of urea groups is 1. The number of carbonyl (C=O) groups excluding carboxylic acids is 1. The van der Waals surface area contributed by atoms with Crippen LogP contribution in [-0.2, 0) is 5.41 Å². The Morgan fingerprint density at radius 2 is 1.62 bits per heavy atom. The lowest BCUT2D eigenvalue weighted by Crippen LogP contribution is -2.49. The Kier molecular flexibility index (Phi) is 7.31. The largest absolute Gasteiger partial charge is 0.465 e. The van der Waals surface area contributed by atoms with Crippen LogP contribution in [0.3, 0.4) is 0 Å². The minimum Gasteiger partial charge on any atom is -0.465 e. The first-order valence-electron chi connectivity index (χ1n) is 13.1. The van der Waals surface area contributed by atoms with Crippen LogP contribution < -0.4 is 15.5 Å². The van der Waals surface area contributed by atoms with E-state index < -0.39 is 12.1 Å². The third kappa shape index (κ3) is 5.84. The van der Waals surface area contributed by atoms with Crippen molar-refractivity contribution in [3.63, 3.8) is 0 Å². The van der Waals surface area contributed by atoms with Crippen LogP contribution in [0.1, 0.15) is 32.0 Å². The van der Waals surface area contributed by atoms with Gasteiger partial charge in [-0.05, 0) is 25.1 Å². The van der Waals surface area contributed by atoms with Crippen LogP contribution in [0.2, 0.25) is 0 Å². The van der Waals surface area contributed by atoms with Gasteiger partial charge in [-0.25, -0.2) is 19.3 Å². The van der Waals surface area contributed by atoms with Crippen molar-refractivity contribution < 1.29 is 19.5 Å². The van der Waals surface area contributed by atoms with E-state index in [-0.39, 0.29) is 5.41 Å². The number of hydrogen-bond donors (Lipinski definition) is 3. The zero-order valence-corrected chi connectivity index (χ0v) is 23.0. The summed E-state index contributed by atoms with van der Waals surface area (Å²) in [6, 6.07) is 16.9. The predicted molar refractivity (Wildman–Crippen MR) is 153 cm³/mol. The number of piperazine rings is 1. The summed E-state index contributed by atoms with van der Waals surface area (Å²) in [7, 11) is 0. The maximum Gasteiger partial charge on any atom is 0.407 e. The van der Waals surface area contributed by atoms with Gasteiger partial charge in [0.05, 0.1) is 36.4 Å². The number of nitrogens with zero attached hydrogens (tertiary/aromatic N) is 5. The monoisotopic (exact) mass is 543 g/mol. The molecule has 0 unspecified atom stereocenters. The first-order valence-corrected chi connectivity index (χ1v) is 13.1. The minimum atomic E-state index is -0.937. The van der Waals surface area contributed by atoms with Gasteiger partial charge in [-0.3, -0.25) is 5.32 Å². The fraction of sp³-hybridized carbons (Fsp3) is 0.310. The standard InChI is InChI=1S/C29H33N7O4/c1-19-9-11-20(12-10-19)36-25(17-24(33-36)29(2,3)4)32-27(37)31-23-18-30-26(22-8-6-5-7-21(22)23)40-35-15-13-34(14-16-35)28(38)39/h5-12,17-18H,13-16H2,1-4H3,(H,38,39)(H2,31,32,37). The molecule has 0 atom stereocenters. The van der Waals surface area contributed by atoms with Crippen LogP contribution in [0, 0.1) is 6.92 Å². The maximum atomic E-state index is 13.2. The van der Waals surface area contributed by atoms with E-state index in [1.165, 1.54) is 4.90 Å². The lowest BCUT2D eigenvalue weighted by molar-refractivity contribution is -0.0863. The van der Waals surface area contributed by atoms with Gasteiger partial charge in [0, 0.05) is 35.3 Å². The number of benzene rings is 2. The fourth-order valence-corrected chi connectivity index (χ4v) is 4.42. The van der Waals surface area contributed by atoms with E-state index in [2.05, 4.69) is 36.4 Å². The van der Waals surface area contributed by atoms with Crippen LogP contribution in [0.25, 0.3) is 16.5 Å². The average molecular weight is 544 g/mol. The number of hydroxylamine groups is 2. The molecule has 0 aliphatic carbocycles. The third-order valence-electron chi connectivity index (χ3n) is 6.73. The first kappa shape index (κ1) is 26.9. The van der Waals surface area contributed by atoms with Gasteiger partial charge in [-0.2, -0.15) is 5.10 Å². The van der Waals surface area contributed by atoms with Gasteiger partial charge < -0.3 is 20.2 Å². The molecule has 0 radical (unpaired) electrons. The van der Waals surface area contributed by atoms with Gasteiger partial charge in [0.25, 0.3) is 0 Å². The van der Waals surface area contributed by atoms with E-state index in [4.69, 9.17) is 9.94 Å².